The van der Waals surface area contributed by atoms with Crippen molar-refractivity contribution in [2.75, 3.05) is 13.1 Å². The lowest BCUT2D eigenvalue weighted by Gasteiger charge is -2.18. The zero-order valence-corrected chi connectivity index (χ0v) is 14.2. The van der Waals surface area contributed by atoms with Gasteiger partial charge < -0.3 is 9.88 Å². The number of H-pyrrole nitrogens is 1. The van der Waals surface area contributed by atoms with Gasteiger partial charge in [0, 0.05) is 25.1 Å². The minimum Gasteiger partial charge on any atom is -0.339 e. The lowest BCUT2D eigenvalue weighted by molar-refractivity contribution is 0.0773. The summed E-state index contributed by atoms with van der Waals surface area (Å²) in [6.45, 7) is 7.24. The summed E-state index contributed by atoms with van der Waals surface area (Å²) in [6, 6.07) is 5.36. The van der Waals surface area contributed by atoms with Gasteiger partial charge in [-0.05, 0) is 38.5 Å². The van der Waals surface area contributed by atoms with Crippen molar-refractivity contribution in [1.29, 1.82) is 0 Å². The molecular formula is C17H21N5O2. The Hall–Kier alpha value is -2.70. The summed E-state index contributed by atoms with van der Waals surface area (Å²) in [5, 5.41) is 8.12. The SMILES string of the molecule is CCCc1nnc2c(=O)[nH]c3cc(C(=O)N(CC)CC)ccc3n12. The minimum absolute atomic E-state index is 0.0413. The van der Waals surface area contributed by atoms with Crippen molar-refractivity contribution >= 4 is 22.6 Å². The summed E-state index contributed by atoms with van der Waals surface area (Å²) in [5.41, 5.74) is 1.96. The van der Waals surface area contributed by atoms with Gasteiger partial charge >= 0.3 is 0 Å². The van der Waals surface area contributed by atoms with Gasteiger partial charge in [-0.3, -0.25) is 14.0 Å². The van der Waals surface area contributed by atoms with Gasteiger partial charge in [-0.15, -0.1) is 10.2 Å². The number of hydrogen-bond acceptors (Lipinski definition) is 4. The molecule has 0 saturated heterocycles. The number of hydrogen-bond donors (Lipinski definition) is 1. The van der Waals surface area contributed by atoms with Crippen molar-refractivity contribution in [1.82, 2.24) is 24.5 Å². The first-order chi connectivity index (χ1) is 11.6. The third kappa shape index (κ3) is 2.55. The highest BCUT2D eigenvalue weighted by molar-refractivity contribution is 5.97. The molecular weight excluding hydrogens is 306 g/mol. The normalized spacial score (nSPS) is 11.3. The standard InChI is InChI=1S/C17H21N5O2/c1-4-7-14-19-20-15-16(23)18-12-10-11(8-9-13(12)22(14)15)17(24)21(5-2)6-3/h8-10H,4-7H2,1-3H3,(H,18,23). The van der Waals surface area contributed by atoms with Gasteiger partial charge in [0.1, 0.15) is 5.82 Å². The average molecular weight is 327 g/mol. The van der Waals surface area contributed by atoms with E-state index in [1.54, 1.807) is 21.4 Å². The molecule has 0 aliphatic rings. The number of aromatic amines is 1. The Bertz CT molecular complexity index is 953. The van der Waals surface area contributed by atoms with Gasteiger partial charge in [0.2, 0.25) is 5.65 Å². The summed E-state index contributed by atoms with van der Waals surface area (Å²) in [4.78, 5) is 29.3. The summed E-state index contributed by atoms with van der Waals surface area (Å²) in [6.07, 6.45) is 1.65. The van der Waals surface area contributed by atoms with Crippen LogP contribution < -0.4 is 5.56 Å². The number of nitrogens with zero attached hydrogens (tertiary/aromatic N) is 4. The quantitative estimate of drug-likeness (QED) is 0.777. The Morgan fingerprint density at radius 1 is 1.21 bits per heavy atom. The minimum atomic E-state index is -0.301. The molecule has 0 bridgehead atoms. The maximum Gasteiger partial charge on any atom is 0.294 e. The van der Waals surface area contributed by atoms with Crippen LogP contribution in [0.15, 0.2) is 23.0 Å². The Balaban J connectivity index is 2.21. The molecule has 1 amide bonds. The first-order valence-corrected chi connectivity index (χ1v) is 8.30. The van der Waals surface area contributed by atoms with Gasteiger partial charge in [0.25, 0.3) is 11.5 Å². The smallest absolute Gasteiger partial charge is 0.294 e. The molecule has 2 heterocycles. The van der Waals surface area contributed by atoms with Crippen molar-refractivity contribution < 1.29 is 4.79 Å². The van der Waals surface area contributed by atoms with Crippen LogP contribution in [0.2, 0.25) is 0 Å². The number of carbonyl (C=O) groups is 1. The topological polar surface area (TPSA) is 83.4 Å². The molecule has 0 aliphatic carbocycles. The lowest BCUT2D eigenvalue weighted by Crippen LogP contribution is -2.30. The molecule has 1 N–H and O–H groups in total. The van der Waals surface area contributed by atoms with E-state index in [1.807, 2.05) is 19.9 Å². The third-order valence-corrected chi connectivity index (χ3v) is 4.19. The van der Waals surface area contributed by atoms with E-state index in [0.29, 0.717) is 24.2 Å². The van der Waals surface area contributed by atoms with Crippen LogP contribution in [0.3, 0.4) is 0 Å². The predicted octanol–water partition coefficient (Wildman–Crippen LogP) is 2.01. The second kappa shape index (κ2) is 6.43. The highest BCUT2D eigenvalue weighted by Gasteiger charge is 2.16. The monoisotopic (exact) mass is 327 g/mol. The van der Waals surface area contributed by atoms with Crippen LogP contribution in [-0.4, -0.2) is 43.5 Å². The van der Waals surface area contributed by atoms with Crippen molar-refractivity contribution in [3.63, 3.8) is 0 Å². The molecule has 24 heavy (non-hydrogen) atoms. The van der Waals surface area contributed by atoms with Crippen LogP contribution in [0.1, 0.15) is 43.4 Å². The second-order valence-corrected chi connectivity index (χ2v) is 5.69. The van der Waals surface area contributed by atoms with E-state index in [-0.39, 0.29) is 17.1 Å². The van der Waals surface area contributed by atoms with E-state index in [2.05, 4.69) is 22.1 Å². The number of rotatable bonds is 5. The maximum atomic E-state index is 12.5. The molecule has 0 radical (unpaired) electrons. The predicted molar refractivity (Wildman–Crippen MR) is 92.4 cm³/mol. The number of carbonyl (C=O) groups excluding carboxylic acids is 1. The van der Waals surface area contributed by atoms with E-state index < -0.39 is 0 Å². The molecule has 0 unspecified atom stereocenters. The molecule has 126 valence electrons. The van der Waals surface area contributed by atoms with Gasteiger partial charge in [0.05, 0.1) is 11.0 Å². The molecule has 7 nitrogen and oxygen atoms in total. The van der Waals surface area contributed by atoms with Crippen LogP contribution in [-0.2, 0) is 6.42 Å². The Labute approximate surface area is 139 Å². The number of aromatic nitrogens is 4. The summed E-state index contributed by atoms with van der Waals surface area (Å²) in [5.74, 6) is 0.715. The van der Waals surface area contributed by atoms with E-state index in [9.17, 15) is 9.59 Å². The van der Waals surface area contributed by atoms with E-state index in [4.69, 9.17) is 0 Å². The van der Waals surface area contributed by atoms with Crippen LogP contribution in [0.25, 0.3) is 16.7 Å². The van der Waals surface area contributed by atoms with Gasteiger partial charge in [-0.1, -0.05) is 6.92 Å². The summed E-state index contributed by atoms with van der Waals surface area (Å²) >= 11 is 0. The van der Waals surface area contributed by atoms with Gasteiger partial charge in [-0.25, -0.2) is 0 Å². The molecule has 3 aromatic rings. The van der Waals surface area contributed by atoms with Crippen LogP contribution in [0.4, 0.5) is 0 Å². The van der Waals surface area contributed by atoms with Gasteiger partial charge in [-0.2, -0.15) is 0 Å². The maximum absolute atomic E-state index is 12.5. The highest BCUT2D eigenvalue weighted by Crippen LogP contribution is 2.17. The fraction of sp³-hybridized carbons (Fsp3) is 0.412. The molecule has 0 fully saturated rings. The molecule has 0 aliphatic heterocycles. The molecule has 0 saturated carbocycles. The van der Waals surface area contributed by atoms with E-state index in [1.165, 1.54) is 0 Å². The van der Waals surface area contributed by atoms with Crippen molar-refractivity contribution in [2.45, 2.75) is 33.6 Å². The molecule has 3 rings (SSSR count). The zero-order valence-electron chi connectivity index (χ0n) is 14.2. The highest BCUT2D eigenvalue weighted by atomic mass is 16.2. The molecule has 0 atom stereocenters. The van der Waals surface area contributed by atoms with Gasteiger partial charge in [0.15, 0.2) is 0 Å². The first-order valence-electron chi connectivity index (χ1n) is 8.30. The summed E-state index contributed by atoms with van der Waals surface area (Å²) < 4.78 is 1.78. The fourth-order valence-electron chi connectivity index (χ4n) is 2.94. The molecule has 0 spiro atoms. The number of benzene rings is 1. The molecule has 1 aromatic carbocycles. The first kappa shape index (κ1) is 16.2. The van der Waals surface area contributed by atoms with Crippen LogP contribution >= 0.6 is 0 Å². The van der Waals surface area contributed by atoms with E-state index in [0.717, 1.165) is 24.2 Å². The molecule has 7 heteroatoms. The van der Waals surface area contributed by atoms with E-state index >= 15 is 0 Å². The van der Waals surface area contributed by atoms with Crippen LogP contribution in [0.5, 0.6) is 0 Å². The number of fused-ring (bicyclic) bond motifs is 3. The lowest BCUT2D eigenvalue weighted by atomic mass is 10.1. The third-order valence-electron chi connectivity index (χ3n) is 4.19. The largest absolute Gasteiger partial charge is 0.339 e. The second-order valence-electron chi connectivity index (χ2n) is 5.69. The van der Waals surface area contributed by atoms with Crippen molar-refractivity contribution in [3.8, 4) is 0 Å². The van der Waals surface area contributed by atoms with Crippen molar-refractivity contribution in [3.05, 3.63) is 39.9 Å². The Morgan fingerprint density at radius 2 is 1.96 bits per heavy atom. The zero-order chi connectivity index (χ0) is 17.3. The average Bonchev–Trinajstić information content (AvgIpc) is 3.00. The number of amides is 1. The molecule has 2 aromatic heterocycles. The Morgan fingerprint density at radius 3 is 2.62 bits per heavy atom. The van der Waals surface area contributed by atoms with Crippen molar-refractivity contribution in [2.24, 2.45) is 0 Å². The Kier molecular flexibility index (Phi) is 4.33. The van der Waals surface area contributed by atoms with Crippen LogP contribution in [0, 0.1) is 0 Å². The fourth-order valence-corrected chi connectivity index (χ4v) is 2.94. The number of nitrogens with one attached hydrogen (secondary N) is 1. The number of aryl methyl sites for hydroxylation is 1. The summed E-state index contributed by atoms with van der Waals surface area (Å²) in [7, 11) is 0.